The van der Waals surface area contributed by atoms with Gasteiger partial charge in [-0.3, -0.25) is 4.79 Å². The quantitative estimate of drug-likeness (QED) is 0.661. The van der Waals surface area contributed by atoms with Crippen LogP contribution >= 0.6 is 0 Å². The molecule has 2 aliphatic rings. The number of carbonyl (C=O) groups is 2. The van der Waals surface area contributed by atoms with Gasteiger partial charge in [0.2, 0.25) is 5.91 Å². The monoisotopic (exact) mass is 481 g/mol. The van der Waals surface area contributed by atoms with Crippen molar-refractivity contribution in [3.05, 3.63) is 35.4 Å². The molecule has 4 atom stereocenters. The van der Waals surface area contributed by atoms with Gasteiger partial charge in [-0.1, -0.05) is 32.9 Å². The average Bonchev–Trinajstić information content (AvgIpc) is 3.43. The first-order valence-electron chi connectivity index (χ1n) is 11.8. The Morgan fingerprint density at radius 1 is 1.32 bits per heavy atom. The molecule has 0 radical (unpaired) electrons. The molecule has 2 aliphatic heterocycles. The zero-order valence-electron chi connectivity index (χ0n) is 20.2. The van der Waals surface area contributed by atoms with Crippen LogP contribution in [0.5, 0.6) is 0 Å². The van der Waals surface area contributed by atoms with E-state index >= 15 is 0 Å². The second-order valence-corrected chi connectivity index (χ2v) is 8.38. The van der Waals surface area contributed by atoms with E-state index in [1.165, 1.54) is 15.9 Å². The number of likely N-dealkylation sites (tertiary alicyclic amines) is 1. The van der Waals surface area contributed by atoms with Crippen molar-refractivity contribution >= 4 is 11.9 Å². The number of carbonyl (C=O) groups excluding carboxylic acids is 2. The van der Waals surface area contributed by atoms with Crippen LogP contribution in [-0.4, -0.2) is 64.4 Å². The number of alkyl halides is 3. The highest BCUT2D eigenvalue weighted by molar-refractivity contribution is 5.84. The minimum atomic E-state index is -4.47. The predicted octanol–water partition coefficient (Wildman–Crippen LogP) is 4.15. The molecule has 34 heavy (non-hydrogen) atoms. The molecular weight excluding hydrogens is 447 g/mol. The summed E-state index contributed by atoms with van der Waals surface area (Å²) in [5.41, 5.74) is 5.74. The Kier molecular flexibility index (Phi) is 9.33. The number of benzene rings is 1. The third kappa shape index (κ3) is 5.81. The summed E-state index contributed by atoms with van der Waals surface area (Å²) in [7, 11) is 0. The Labute approximate surface area is 199 Å². The SMILES string of the molecule is CC.CCC1CN(C[C@H](N)C(=O)N2CCCC2C#N)C(=O)N1C(C)c1cccc(C(F)(F)F)c1. The molecule has 0 aromatic heterocycles. The van der Waals surface area contributed by atoms with Crippen LogP contribution in [0.4, 0.5) is 18.0 Å². The molecule has 0 bridgehead atoms. The highest BCUT2D eigenvalue weighted by Crippen LogP contribution is 2.34. The summed E-state index contributed by atoms with van der Waals surface area (Å²) < 4.78 is 39.4. The topological polar surface area (TPSA) is 93.7 Å². The van der Waals surface area contributed by atoms with Gasteiger partial charge >= 0.3 is 12.2 Å². The van der Waals surface area contributed by atoms with Gasteiger partial charge in [0.05, 0.1) is 23.7 Å². The summed E-state index contributed by atoms with van der Waals surface area (Å²) in [4.78, 5) is 30.4. The Morgan fingerprint density at radius 2 is 2.00 bits per heavy atom. The van der Waals surface area contributed by atoms with Gasteiger partial charge in [-0.05, 0) is 43.9 Å². The summed E-state index contributed by atoms with van der Waals surface area (Å²) in [5, 5.41) is 9.21. The van der Waals surface area contributed by atoms with Crippen molar-refractivity contribution in [2.45, 2.75) is 77.3 Å². The van der Waals surface area contributed by atoms with Gasteiger partial charge < -0.3 is 20.4 Å². The van der Waals surface area contributed by atoms with Crippen molar-refractivity contribution in [1.29, 1.82) is 5.26 Å². The number of halogens is 3. The third-order valence-electron chi connectivity index (χ3n) is 6.32. The average molecular weight is 482 g/mol. The number of rotatable bonds is 6. The molecule has 2 heterocycles. The smallest absolute Gasteiger partial charge is 0.325 e. The standard InChI is InChI=1S/C22H28F3N5O2.C2H6/c1-3-17-12-28(13-19(27)20(31)29-9-5-8-18(29)11-26)21(32)30(17)14(2)15-6-4-7-16(10-15)22(23,24)25;1-2/h4,6-7,10,14,17-19H,3,5,8-9,12-13,27H2,1-2H3;1-2H3/t14?,17?,18?,19-;/m0./s1. The molecule has 2 fully saturated rings. The zero-order chi connectivity index (χ0) is 25.6. The molecule has 2 saturated heterocycles. The predicted molar refractivity (Wildman–Crippen MR) is 122 cm³/mol. The summed E-state index contributed by atoms with van der Waals surface area (Å²) >= 11 is 0. The minimum Gasteiger partial charge on any atom is -0.325 e. The number of nitrogens with zero attached hydrogens (tertiary/aromatic N) is 4. The summed E-state index contributed by atoms with van der Waals surface area (Å²) in [5.74, 6) is -0.362. The van der Waals surface area contributed by atoms with E-state index in [1.54, 1.807) is 17.9 Å². The summed E-state index contributed by atoms with van der Waals surface area (Å²) in [6.45, 7) is 8.40. The first kappa shape index (κ1) is 27.4. The molecule has 1 aromatic carbocycles. The van der Waals surface area contributed by atoms with Gasteiger partial charge in [-0.15, -0.1) is 0 Å². The van der Waals surface area contributed by atoms with Crippen molar-refractivity contribution in [1.82, 2.24) is 14.7 Å². The molecule has 0 spiro atoms. The van der Waals surface area contributed by atoms with Crippen LogP contribution < -0.4 is 5.73 Å². The van der Waals surface area contributed by atoms with E-state index in [9.17, 15) is 28.0 Å². The fraction of sp³-hybridized carbons (Fsp3) is 0.625. The fourth-order valence-electron chi connectivity index (χ4n) is 4.53. The minimum absolute atomic E-state index is 0.00533. The number of nitrogens with two attached hydrogens (primary N) is 1. The maximum atomic E-state index is 13.2. The lowest BCUT2D eigenvalue weighted by atomic mass is 10.0. The lowest BCUT2D eigenvalue weighted by Crippen LogP contribution is -2.51. The van der Waals surface area contributed by atoms with Crippen molar-refractivity contribution in [2.24, 2.45) is 5.73 Å². The van der Waals surface area contributed by atoms with Gasteiger partial charge in [-0.2, -0.15) is 18.4 Å². The Balaban J connectivity index is 0.00000199. The number of hydrogen-bond donors (Lipinski definition) is 1. The first-order valence-corrected chi connectivity index (χ1v) is 11.8. The highest BCUT2D eigenvalue weighted by atomic mass is 19.4. The highest BCUT2D eigenvalue weighted by Gasteiger charge is 2.42. The number of nitriles is 1. The van der Waals surface area contributed by atoms with Crippen LogP contribution in [0.1, 0.15) is 64.1 Å². The molecule has 1 aromatic rings. The Bertz CT molecular complexity index is 901. The summed E-state index contributed by atoms with van der Waals surface area (Å²) in [6.07, 6.45) is -2.51. The molecule has 7 nitrogen and oxygen atoms in total. The first-order chi connectivity index (χ1) is 16.1. The van der Waals surface area contributed by atoms with Gasteiger partial charge in [0.1, 0.15) is 12.1 Å². The van der Waals surface area contributed by atoms with Crippen molar-refractivity contribution in [3.8, 4) is 6.07 Å². The second kappa shape index (κ2) is 11.6. The van der Waals surface area contributed by atoms with E-state index in [4.69, 9.17) is 5.73 Å². The summed E-state index contributed by atoms with van der Waals surface area (Å²) in [6, 6.07) is 4.48. The van der Waals surface area contributed by atoms with E-state index in [2.05, 4.69) is 6.07 Å². The largest absolute Gasteiger partial charge is 0.416 e. The zero-order valence-corrected chi connectivity index (χ0v) is 20.2. The maximum absolute atomic E-state index is 13.2. The maximum Gasteiger partial charge on any atom is 0.416 e. The second-order valence-electron chi connectivity index (χ2n) is 8.38. The third-order valence-corrected chi connectivity index (χ3v) is 6.32. The molecule has 0 aliphatic carbocycles. The molecule has 3 amide bonds. The van der Waals surface area contributed by atoms with E-state index in [0.717, 1.165) is 18.6 Å². The molecule has 10 heteroatoms. The molecule has 2 N–H and O–H groups in total. The van der Waals surface area contributed by atoms with Gasteiger partial charge in [0, 0.05) is 19.6 Å². The lowest BCUT2D eigenvalue weighted by molar-refractivity contribution is -0.137. The van der Waals surface area contributed by atoms with E-state index in [0.29, 0.717) is 31.5 Å². The van der Waals surface area contributed by atoms with Crippen LogP contribution in [0.15, 0.2) is 24.3 Å². The van der Waals surface area contributed by atoms with E-state index < -0.39 is 29.9 Å². The lowest BCUT2D eigenvalue weighted by Gasteiger charge is -2.30. The Hall–Kier alpha value is -2.80. The molecule has 188 valence electrons. The molecular formula is C24H34F3N5O2. The molecule has 3 unspecified atom stereocenters. The number of hydrogen-bond acceptors (Lipinski definition) is 4. The Morgan fingerprint density at radius 3 is 2.59 bits per heavy atom. The number of amides is 3. The normalized spacial score (nSPS) is 22.2. The van der Waals surface area contributed by atoms with E-state index in [-0.39, 0.29) is 24.5 Å². The van der Waals surface area contributed by atoms with Gasteiger partial charge in [0.25, 0.3) is 0 Å². The molecule has 0 saturated carbocycles. The van der Waals surface area contributed by atoms with Crippen LogP contribution in [0, 0.1) is 11.3 Å². The van der Waals surface area contributed by atoms with Crippen LogP contribution in [0.25, 0.3) is 0 Å². The molecule has 3 rings (SSSR count). The van der Waals surface area contributed by atoms with Crippen molar-refractivity contribution in [3.63, 3.8) is 0 Å². The van der Waals surface area contributed by atoms with Crippen molar-refractivity contribution < 1.29 is 22.8 Å². The van der Waals surface area contributed by atoms with E-state index in [1.807, 2.05) is 20.8 Å². The fourth-order valence-corrected chi connectivity index (χ4v) is 4.53. The van der Waals surface area contributed by atoms with Crippen LogP contribution in [0.3, 0.4) is 0 Å². The van der Waals surface area contributed by atoms with Crippen LogP contribution in [0.2, 0.25) is 0 Å². The van der Waals surface area contributed by atoms with Crippen molar-refractivity contribution in [2.75, 3.05) is 19.6 Å². The van der Waals surface area contributed by atoms with Gasteiger partial charge in [0.15, 0.2) is 0 Å². The van der Waals surface area contributed by atoms with Gasteiger partial charge in [-0.25, -0.2) is 4.79 Å². The number of urea groups is 1. The van der Waals surface area contributed by atoms with Crippen LogP contribution in [-0.2, 0) is 11.0 Å².